The fourth-order valence-electron chi connectivity index (χ4n) is 2.81. The van der Waals surface area contributed by atoms with E-state index in [0.717, 1.165) is 11.3 Å². The Morgan fingerprint density at radius 2 is 1.71 bits per heavy atom. The summed E-state index contributed by atoms with van der Waals surface area (Å²) in [5.41, 5.74) is 2.47. The average molecular weight is 418 g/mol. The quantitative estimate of drug-likeness (QED) is 0.590. The van der Waals surface area contributed by atoms with E-state index in [1.165, 1.54) is 11.3 Å². The molecule has 0 unspecified atom stereocenters. The number of thiophene rings is 1. The smallest absolute Gasteiger partial charge is 0.263 e. The van der Waals surface area contributed by atoms with Gasteiger partial charge in [-0.25, -0.2) is 13.1 Å². The first-order valence-corrected chi connectivity index (χ1v) is 11.4. The Morgan fingerprint density at radius 3 is 2.36 bits per heavy atom. The first kappa shape index (κ1) is 20.3. The van der Waals surface area contributed by atoms with Crippen molar-refractivity contribution in [1.82, 2.24) is 14.6 Å². The van der Waals surface area contributed by atoms with Crippen LogP contribution in [0.15, 0.2) is 60.2 Å². The summed E-state index contributed by atoms with van der Waals surface area (Å²) in [4.78, 5) is 13.2. The predicted octanol–water partition coefficient (Wildman–Crippen LogP) is 3.30. The molecule has 0 aliphatic heterocycles. The number of nitrogens with one attached hydrogen (secondary N) is 2. The van der Waals surface area contributed by atoms with Gasteiger partial charge in [0.25, 0.3) is 5.91 Å². The number of amides is 1. The first-order valence-electron chi connectivity index (χ1n) is 8.91. The van der Waals surface area contributed by atoms with Gasteiger partial charge in [0.15, 0.2) is 0 Å². The van der Waals surface area contributed by atoms with Gasteiger partial charge >= 0.3 is 0 Å². The molecule has 2 heterocycles. The molecule has 0 spiro atoms. The summed E-state index contributed by atoms with van der Waals surface area (Å²) in [6.07, 6.45) is 3.81. The monoisotopic (exact) mass is 417 g/mol. The molecule has 2 N–H and O–H groups in total. The molecule has 3 aromatic rings. The van der Waals surface area contributed by atoms with Crippen LogP contribution >= 0.6 is 11.3 Å². The van der Waals surface area contributed by atoms with Crippen molar-refractivity contribution in [3.63, 3.8) is 0 Å². The van der Waals surface area contributed by atoms with Crippen molar-refractivity contribution in [3.05, 3.63) is 76.2 Å². The molecule has 0 aliphatic carbocycles. The Bertz CT molecular complexity index is 1020. The van der Waals surface area contributed by atoms with E-state index in [-0.39, 0.29) is 17.7 Å². The van der Waals surface area contributed by atoms with Gasteiger partial charge in [0.05, 0.1) is 11.4 Å². The van der Waals surface area contributed by atoms with E-state index >= 15 is 0 Å². The van der Waals surface area contributed by atoms with E-state index in [1.54, 1.807) is 26.0 Å². The number of nitrogens with zero attached hydrogens (tertiary/aromatic N) is 1. The zero-order valence-electron chi connectivity index (χ0n) is 15.8. The third kappa shape index (κ3) is 5.31. The molecule has 6 nitrogen and oxygen atoms in total. The van der Waals surface area contributed by atoms with Crippen molar-refractivity contribution >= 4 is 27.3 Å². The summed E-state index contributed by atoms with van der Waals surface area (Å²) in [6, 6.07) is 12.8. The standard InChI is InChI=1S/C20H23N3O3S2/c1-15(2)22-28(25,26)14-17-7-5-16(6-8-17)13-21-20(24)19-18(9-12-27-19)23-10-3-4-11-23/h3-12,15,22H,13-14H2,1-2H3,(H,21,24). The van der Waals surface area contributed by atoms with E-state index in [9.17, 15) is 13.2 Å². The van der Waals surface area contributed by atoms with Gasteiger partial charge in [0.2, 0.25) is 10.0 Å². The van der Waals surface area contributed by atoms with E-state index in [1.807, 2.05) is 52.7 Å². The molecule has 0 saturated heterocycles. The van der Waals surface area contributed by atoms with E-state index in [2.05, 4.69) is 10.0 Å². The van der Waals surface area contributed by atoms with Crippen LogP contribution in [0.1, 0.15) is 34.6 Å². The fraction of sp³-hybridized carbons (Fsp3) is 0.250. The molecule has 1 amide bonds. The van der Waals surface area contributed by atoms with E-state index in [0.29, 0.717) is 17.0 Å². The Balaban J connectivity index is 1.60. The SMILES string of the molecule is CC(C)NS(=O)(=O)Cc1ccc(CNC(=O)c2sccc2-n2cccc2)cc1. The maximum absolute atomic E-state index is 12.6. The largest absolute Gasteiger partial charge is 0.347 e. The van der Waals surface area contributed by atoms with Crippen molar-refractivity contribution in [1.29, 1.82) is 0 Å². The van der Waals surface area contributed by atoms with Crippen LogP contribution in [0.25, 0.3) is 5.69 Å². The lowest BCUT2D eigenvalue weighted by Crippen LogP contribution is -2.31. The van der Waals surface area contributed by atoms with Crippen molar-refractivity contribution in [2.75, 3.05) is 0 Å². The molecule has 148 valence electrons. The van der Waals surface area contributed by atoms with Gasteiger partial charge in [-0.15, -0.1) is 11.3 Å². The highest BCUT2D eigenvalue weighted by molar-refractivity contribution is 7.88. The fourth-order valence-corrected chi connectivity index (χ4v) is 5.05. The highest BCUT2D eigenvalue weighted by atomic mass is 32.2. The molecule has 0 atom stereocenters. The number of hydrogen-bond acceptors (Lipinski definition) is 4. The molecular weight excluding hydrogens is 394 g/mol. The van der Waals surface area contributed by atoms with Crippen LogP contribution in [0, 0.1) is 0 Å². The summed E-state index contributed by atoms with van der Waals surface area (Å²) in [6.45, 7) is 3.95. The summed E-state index contributed by atoms with van der Waals surface area (Å²) in [5, 5.41) is 4.82. The van der Waals surface area contributed by atoms with Crippen LogP contribution in [0.4, 0.5) is 0 Å². The van der Waals surface area contributed by atoms with Gasteiger partial charge in [0.1, 0.15) is 4.88 Å². The number of hydrogen-bond donors (Lipinski definition) is 2. The van der Waals surface area contributed by atoms with Gasteiger partial charge in [-0.1, -0.05) is 24.3 Å². The minimum atomic E-state index is -3.35. The predicted molar refractivity (Wildman–Crippen MR) is 112 cm³/mol. The molecule has 3 rings (SSSR count). The van der Waals surface area contributed by atoms with E-state index in [4.69, 9.17) is 0 Å². The van der Waals surface area contributed by atoms with Crippen LogP contribution < -0.4 is 10.0 Å². The van der Waals surface area contributed by atoms with Crippen LogP contribution in [-0.4, -0.2) is 24.9 Å². The van der Waals surface area contributed by atoms with Crippen LogP contribution in [0.2, 0.25) is 0 Å². The molecule has 0 aliphatic rings. The van der Waals surface area contributed by atoms with Crippen molar-refractivity contribution < 1.29 is 13.2 Å². The van der Waals surface area contributed by atoms with Crippen LogP contribution in [0.3, 0.4) is 0 Å². The maximum Gasteiger partial charge on any atom is 0.263 e. The lowest BCUT2D eigenvalue weighted by Gasteiger charge is -2.10. The molecule has 28 heavy (non-hydrogen) atoms. The zero-order valence-corrected chi connectivity index (χ0v) is 17.4. The highest BCUT2D eigenvalue weighted by Crippen LogP contribution is 2.21. The number of carbonyl (C=O) groups excluding carboxylic acids is 1. The lowest BCUT2D eigenvalue weighted by molar-refractivity contribution is 0.0955. The molecule has 2 aromatic heterocycles. The Hall–Kier alpha value is -2.42. The van der Waals surface area contributed by atoms with Crippen LogP contribution in [-0.2, 0) is 22.3 Å². The lowest BCUT2D eigenvalue weighted by atomic mass is 10.1. The van der Waals surface area contributed by atoms with Crippen LogP contribution in [0.5, 0.6) is 0 Å². The number of aromatic nitrogens is 1. The van der Waals surface area contributed by atoms with Gasteiger partial charge in [-0.05, 0) is 48.6 Å². The number of rotatable bonds is 8. The summed E-state index contributed by atoms with van der Waals surface area (Å²) in [5.74, 6) is -0.195. The molecular formula is C20H23N3O3S2. The molecule has 0 fully saturated rings. The maximum atomic E-state index is 12.6. The van der Waals surface area contributed by atoms with Gasteiger partial charge in [-0.3, -0.25) is 4.79 Å². The molecule has 0 saturated carbocycles. The van der Waals surface area contributed by atoms with Crippen molar-refractivity contribution in [3.8, 4) is 5.69 Å². The second-order valence-corrected chi connectivity index (χ2v) is 9.43. The Morgan fingerprint density at radius 1 is 1.07 bits per heavy atom. The molecule has 0 radical (unpaired) electrons. The van der Waals surface area contributed by atoms with Crippen molar-refractivity contribution in [2.24, 2.45) is 0 Å². The minimum Gasteiger partial charge on any atom is -0.347 e. The number of sulfonamides is 1. The molecule has 0 bridgehead atoms. The van der Waals surface area contributed by atoms with Gasteiger partial charge < -0.3 is 9.88 Å². The van der Waals surface area contributed by atoms with E-state index < -0.39 is 10.0 Å². The second kappa shape index (κ2) is 8.72. The zero-order chi connectivity index (χ0) is 20.1. The van der Waals surface area contributed by atoms with Gasteiger partial charge in [0, 0.05) is 25.0 Å². The first-order chi connectivity index (χ1) is 13.3. The Labute approximate surface area is 169 Å². The Kier molecular flexibility index (Phi) is 6.33. The second-order valence-electron chi connectivity index (χ2n) is 6.76. The number of carbonyl (C=O) groups is 1. The molecule has 8 heteroatoms. The summed E-state index contributed by atoms with van der Waals surface area (Å²) in [7, 11) is -3.35. The minimum absolute atomic E-state index is 0.0623. The third-order valence-electron chi connectivity index (χ3n) is 3.98. The highest BCUT2D eigenvalue weighted by Gasteiger charge is 2.15. The topological polar surface area (TPSA) is 80.2 Å². The average Bonchev–Trinajstić information content (AvgIpc) is 3.30. The van der Waals surface area contributed by atoms with Crippen molar-refractivity contribution in [2.45, 2.75) is 32.2 Å². The molecule has 1 aromatic carbocycles. The third-order valence-corrected chi connectivity index (χ3v) is 6.43. The number of benzene rings is 1. The summed E-state index contributed by atoms with van der Waals surface area (Å²) < 4.78 is 28.5. The van der Waals surface area contributed by atoms with Gasteiger partial charge in [-0.2, -0.15) is 0 Å². The summed E-state index contributed by atoms with van der Waals surface area (Å²) >= 11 is 1.40. The normalized spacial score (nSPS) is 11.7.